The molecule has 1 fully saturated rings. The fraction of sp³-hybridized carbons (Fsp3) is 0.471. The first-order chi connectivity index (χ1) is 11.3. The quantitative estimate of drug-likeness (QED) is 0.772. The molecule has 0 aromatic heterocycles. The second kappa shape index (κ2) is 7.21. The van der Waals surface area contributed by atoms with E-state index in [0.29, 0.717) is 17.0 Å². The molecule has 0 saturated carbocycles. The summed E-state index contributed by atoms with van der Waals surface area (Å²) in [5, 5.41) is 6.05. The predicted octanol–water partition coefficient (Wildman–Crippen LogP) is 2.41. The molecule has 6 nitrogen and oxygen atoms in total. The van der Waals surface area contributed by atoms with Gasteiger partial charge >= 0.3 is 6.03 Å². The van der Waals surface area contributed by atoms with Crippen LogP contribution in [0.3, 0.4) is 0 Å². The molecule has 0 radical (unpaired) electrons. The SMILES string of the molecule is CC[C@H](C)NC(=O)CN1C(=O)N[C@](CC)(c2ccc(Cl)cc2)C1=O. The average molecular weight is 352 g/mol. The summed E-state index contributed by atoms with van der Waals surface area (Å²) in [5.74, 6) is -0.771. The van der Waals surface area contributed by atoms with Crippen molar-refractivity contribution in [1.29, 1.82) is 0 Å². The molecule has 7 heteroatoms. The molecule has 0 spiro atoms. The molecule has 2 rings (SSSR count). The third-order valence-corrected chi connectivity index (χ3v) is 4.62. The maximum atomic E-state index is 12.9. The highest BCUT2D eigenvalue weighted by Gasteiger charge is 2.51. The zero-order valence-electron chi connectivity index (χ0n) is 14.1. The van der Waals surface area contributed by atoms with Gasteiger partial charge in [-0.15, -0.1) is 0 Å². The van der Waals surface area contributed by atoms with Crippen LogP contribution in [0.2, 0.25) is 5.02 Å². The molecular formula is C17H22ClN3O3. The van der Waals surface area contributed by atoms with Gasteiger partial charge in [-0.05, 0) is 37.5 Å². The van der Waals surface area contributed by atoms with Crippen molar-refractivity contribution in [3.05, 3.63) is 34.9 Å². The van der Waals surface area contributed by atoms with Crippen LogP contribution < -0.4 is 10.6 Å². The number of imide groups is 1. The maximum Gasteiger partial charge on any atom is 0.325 e. The van der Waals surface area contributed by atoms with Crippen LogP contribution in [0.1, 0.15) is 39.2 Å². The molecule has 4 amide bonds. The Kier molecular flexibility index (Phi) is 5.49. The molecule has 1 aromatic rings. The van der Waals surface area contributed by atoms with Crippen LogP contribution >= 0.6 is 11.6 Å². The first-order valence-electron chi connectivity index (χ1n) is 8.03. The molecule has 130 valence electrons. The van der Waals surface area contributed by atoms with E-state index >= 15 is 0 Å². The number of nitrogens with one attached hydrogen (secondary N) is 2. The number of hydrogen-bond donors (Lipinski definition) is 2. The number of halogens is 1. The topological polar surface area (TPSA) is 78.5 Å². The average Bonchev–Trinajstić information content (AvgIpc) is 2.80. The molecular weight excluding hydrogens is 330 g/mol. The molecule has 0 aliphatic carbocycles. The van der Waals surface area contributed by atoms with Crippen LogP contribution in [0.15, 0.2) is 24.3 Å². The highest BCUT2D eigenvalue weighted by atomic mass is 35.5. The molecule has 1 aliphatic rings. The largest absolute Gasteiger partial charge is 0.352 e. The van der Waals surface area contributed by atoms with E-state index in [1.807, 2.05) is 20.8 Å². The highest BCUT2D eigenvalue weighted by Crippen LogP contribution is 2.32. The van der Waals surface area contributed by atoms with Gasteiger partial charge in [0, 0.05) is 11.1 Å². The Hall–Kier alpha value is -2.08. The number of urea groups is 1. The van der Waals surface area contributed by atoms with Crippen LogP contribution in [0.5, 0.6) is 0 Å². The fourth-order valence-corrected chi connectivity index (χ4v) is 2.84. The lowest BCUT2D eigenvalue weighted by molar-refractivity contribution is -0.135. The Morgan fingerprint density at radius 3 is 2.46 bits per heavy atom. The summed E-state index contributed by atoms with van der Waals surface area (Å²) in [6.07, 6.45) is 1.15. The molecule has 2 N–H and O–H groups in total. The summed E-state index contributed by atoms with van der Waals surface area (Å²) in [7, 11) is 0. The van der Waals surface area contributed by atoms with Gasteiger partial charge in [-0.1, -0.05) is 37.6 Å². The van der Waals surface area contributed by atoms with Gasteiger partial charge in [0.15, 0.2) is 0 Å². The van der Waals surface area contributed by atoms with E-state index in [1.165, 1.54) is 0 Å². The molecule has 24 heavy (non-hydrogen) atoms. The first-order valence-corrected chi connectivity index (χ1v) is 8.41. The third kappa shape index (κ3) is 3.38. The van der Waals surface area contributed by atoms with Gasteiger partial charge in [0.2, 0.25) is 5.91 Å². The van der Waals surface area contributed by atoms with Crippen molar-refractivity contribution < 1.29 is 14.4 Å². The normalized spacial score (nSPS) is 21.6. The lowest BCUT2D eigenvalue weighted by Crippen LogP contribution is -2.45. The lowest BCUT2D eigenvalue weighted by atomic mass is 9.87. The smallest absolute Gasteiger partial charge is 0.325 e. The molecule has 1 heterocycles. The number of rotatable bonds is 6. The van der Waals surface area contributed by atoms with Crippen molar-refractivity contribution in [2.45, 2.75) is 45.2 Å². The summed E-state index contributed by atoms with van der Waals surface area (Å²) in [6.45, 7) is 5.34. The standard InChI is InChI=1S/C17H22ClN3O3/c1-4-11(3)19-14(22)10-21-15(23)17(5-2,20-16(21)24)12-6-8-13(18)9-7-12/h6-9,11H,4-5,10H2,1-3H3,(H,19,22)(H,20,24)/t11-,17+/m0/s1. The van der Waals surface area contributed by atoms with Crippen LogP contribution in [-0.4, -0.2) is 35.3 Å². The monoisotopic (exact) mass is 351 g/mol. The Morgan fingerprint density at radius 1 is 1.29 bits per heavy atom. The summed E-state index contributed by atoms with van der Waals surface area (Å²) < 4.78 is 0. The zero-order chi connectivity index (χ0) is 17.9. The van der Waals surface area contributed by atoms with Gasteiger partial charge in [-0.3, -0.25) is 14.5 Å². The lowest BCUT2D eigenvalue weighted by Gasteiger charge is -2.25. The Balaban J connectivity index is 2.23. The minimum Gasteiger partial charge on any atom is -0.352 e. The van der Waals surface area contributed by atoms with Gasteiger partial charge < -0.3 is 10.6 Å². The van der Waals surface area contributed by atoms with Crippen molar-refractivity contribution in [1.82, 2.24) is 15.5 Å². The summed E-state index contributed by atoms with van der Waals surface area (Å²) >= 11 is 5.90. The highest BCUT2D eigenvalue weighted by molar-refractivity contribution is 6.30. The van der Waals surface area contributed by atoms with E-state index in [1.54, 1.807) is 24.3 Å². The van der Waals surface area contributed by atoms with E-state index in [9.17, 15) is 14.4 Å². The second-order valence-corrected chi connectivity index (χ2v) is 6.40. The number of nitrogens with zero attached hydrogens (tertiary/aromatic N) is 1. The van der Waals surface area contributed by atoms with Crippen LogP contribution in [0.25, 0.3) is 0 Å². The van der Waals surface area contributed by atoms with Crippen LogP contribution in [0, 0.1) is 0 Å². The predicted molar refractivity (Wildman–Crippen MR) is 91.6 cm³/mol. The molecule has 2 atom stereocenters. The molecule has 1 aliphatic heterocycles. The summed E-state index contributed by atoms with van der Waals surface area (Å²) in [4.78, 5) is 38.2. The number of hydrogen-bond acceptors (Lipinski definition) is 3. The van der Waals surface area contributed by atoms with E-state index in [-0.39, 0.29) is 18.5 Å². The summed E-state index contributed by atoms with van der Waals surface area (Å²) in [6, 6.07) is 6.21. The van der Waals surface area contributed by atoms with Gasteiger partial charge in [-0.25, -0.2) is 4.79 Å². The van der Waals surface area contributed by atoms with Gasteiger partial charge in [0.05, 0.1) is 0 Å². The molecule has 1 aromatic carbocycles. The van der Waals surface area contributed by atoms with Gasteiger partial charge in [0.1, 0.15) is 12.1 Å². The minimum atomic E-state index is -1.15. The van der Waals surface area contributed by atoms with Gasteiger partial charge in [-0.2, -0.15) is 0 Å². The van der Waals surface area contributed by atoms with Crippen LogP contribution in [0.4, 0.5) is 4.79 Å². The fourth-order valence-electron chi connectivity index (χ4n) is 2.71. The Bertz CT molecular complexity index is 647. The van der Waals surface area contributed by atoms with E-state index < -0.39 is 17.5 Å². The van der Waals surface area contributed by atoms with Crippen LogP contribution in [-0.2, 0) is 15.1 Å². The van der Waals surface area contributed by atoms with Crippen molar-refractivity contribution in [2.75, 3.05) is 6.54 Å². The van der Waals surface area contributed by atoms with E-state index in [0.717, 1.165) is 11.3 Å². The van der Waals surface area contributed by atoms with Crippen molar-refractivity contribution >= 4 is 29.4 Å². The first kappa shape index (κ1) is 18.3. The number of amides is 4. The number of benzene rings is 1. The van der Waals surface area contributed by atoms with Crippen molar-refractivity contribution in [3.8, 4) is 0 Å². The van der Waals surface area contributed by atoms with Gasteiger partial charge in [0.25, 0.3) is 5.91 Å². The third-order valence-electron chi connectivity index (χ3n) is 4.36. The van der Waals surface area contributed by atoms with E-state index in [2.05, 4.69) is 10.6 Å². The molecule has 1 saturated heterocycles. The molecule has 0 unspecified atom stereocenters. The van der Waals surface area contributed by atoms with Crippen molar-refractivity contribution in [3.63, 3.8) is 0 Å². The van der Waals surface area contributed by atoms with E-state index in [4.69, 9.17) is 11.6 Å². The maximum absolute atomic E-state index is 12.9. The Morgan fingerprint density at radius 2 is 1.92 bits per heavy atom. The summed E-state index contributed by atoms with van der Waals surface area (Å²) in [5.41, 5.74) is -0.504. The molecule has 0 bridgehead atoms. The minimum absolute atomic E-state index is 0.00883. The Labute approximate surface area is 146 Å². The number of carbonyl (C=O) groups is 3. The second-order valence-electron chi connectivity index (χ2n) is 5.96. The van der Waals surface area contributed by atoms with Crippen molar-refractivity contribution in [2.24, 2.45) is 0 Å². The zero-order valence-corrected chi connectivity index (χ0v) is 14.8. The number of carbonyl (C=O) groups excluding carboxylic acids is 3.